The van der Waals surface area contributed by atoms with Crippen molar-refractivity contribution in [3.8, 4) is 0 Å². The monoisotopic (exact) mass is 391 g/mol. The van der Waals surface area contributed by atoms with E-state index in [1.54, 1.807) is 0 Å². The molecule has 0 aliphatic carbocycles. The van der Waals surface area contributed by atoms with Gasteiger partial charge in [-0.05, 0) is 45.8 Å². The van der Waals surface area contributed by atoms with E-state index in [1.807, 2.05) is 0 Å². The molecule has 0 amide bonds. The Bertz CT molecular complexity index is 422. The number of hydrogen-bond donors (Lipinski definition) is 2. The third-order valence-corrected chi connectivity index (χ3v) is 3.58. The van der Waals surface area contributed by atoms with Gasteiger partial charge < -0.3 is 4.90 Å². The largest absolute Gasteiger partial charge is 0.303 e. The lowest BCUT2D eigenvalue weighted by molar-refractivity contribution is 0.261. The molecule has 0 aromatic rings. The van der Waals surface area contributed by atoms with Gasteiger partial charge >= 0.3 is 0 Å². The normalized spacial score (nSPS) is 11.3. The van der Waals surface area contributed by atoms with Gasteiger partial charge in [-0.2, -0.15) is 16.8 Å². The summed E-state index contributed by atoms with van der Waals surface area (Å²) in [5, 5.41) is 0. The summed E-state index contributed by atoms with van der Waals surface area (Å²) in [6.45, 7) is 12.1. The highest BCUT2D eigenvalue weighted by Crippen LogP contribution is 2.01. The van der Waals surface area contributed by atoms with Crippen molar-refractivity contribution in [1.82, 2.24) is 4.90 Å². The molecule has 24 heavy (non-hydrogen) atoms. The van der Waals surface area contributed by atoms with Crippen molar-refractivity contribution >= 4 is 20.2 Å². The molecule has 0 unspecified atom stereocenters. The Balaban J connectivity index is -0.000000332. The van der Waals surface area contributed by atoms with Gasteiger partial charge in [0.1, 0.15) is 0 Å². The summed E-state index contributed by atoms with van der Waals surface area (Å²) >= 11 is 0. The van der Waals surface area contributed by atoms with Crippen LogP contribution in [0.4, 0.5) is 0 Å². The zero-order valence-corrected chi connectivity index (χ0v) is 17.5. The molecule has 0 rings (SSSR count). The van der Waals surface area contributed by atoms with Gasteiger partial charge in [0.05, 0.1) is 12.0 Å². The first-order valence-electron chi connectivity index (χ1n) is 8.51. The first-order chi connectivity index (χ1) is 10.9. The maximum Gasteiger partial charge on any atom is 0.264 e. The highest BCUT2D eigenvalue weighted by atomic mass is 32.2. The SMILES string of the molecule is CCCCN(CCCC)CCCC.CCS(=O)(=O)O.CS(=O)(=O)O. The fourth-order valence-electron chi connectivity index (χ4n) is 1.48. The van der Waals surface area contributed by atoms with Gasteiger partial charge in [-0.25, -0.2) is 0 Å². The van der Waals surface area contributed by atoms with Crippen LogP contribution in [0.15, 0.2) is 0 Å². The third kappa shape index (κ3) is 43.1. The van der Waals surface area contributed by atoms with Gasteiger partial charge in [0.2, 0.25) is 0 Å². The van der Waals surface area contributed by atoms with Crippen LogP contribution in [0.1, 0.15) is 66.2 Å². The van der Waals surface area contributed by atoms with Gasteiger partial charge in [0, 0.05) is 0 Å². The molecule has 0 saturated carbocycles. The van der Waals surface area contributed by atoms with Crippen molar-refractivity contribution in [2.24, 2.45) is 0 Å². The lowest BCUT2D eigenvalue weighted by Crippen LogP contribution is -2.27. The number of nitrogens with zero attached hydrogens (tertiary/aromatic N) is 1. The molecule has 0 aliphatic heterocycles. The van der Waals surface area contributed by atoms with Crippen LogP contribution < -0.4 is 0 Å². The molecule has 0 aromatic heterocycles. The van der Waals surface area contributed by atoms with Crippen LogP contribution in [-0.2, 0) is 20.2 Å². The molecule has 0 heterocycles. The van der Waals surface area contributed by atoms with Crippen LogP contribution in [0, 0.1) is 0 Å². The molecule has 0 aromatic carbocycles. The molecule has 7 nitrogen and oxygen atoms in total. The smallest absolute Gasteiger partial charge is 0.264 e. The third-order valence-electron chi connectivity index (χ3n) is 2.85. The fraction of sp³-hybridized carbons (Fsp3) is 1.00. The van der Waals surface area contributed by atoms with Gasteiger partial charge in [0.15, 0.2) is 0 Å². The second-order valence-electron chi connectivity index (χ2n) is 5.51. The average molecular weight is 392 g/mol. The van der Waals surface area contributed by atoms with Gasteiger partial charge in [0.25, 0.3) is 20.2 Å². The van der Waals surface area contributed by atoms with E-state index >= 15 is 0 Å². The van der Waals surface area contributed by atoms with Crippen LogP contribution in [0.2, 0.25) is 0 Å². The van der Waals surface area contributed by atoms with Crippen molar-refractivity contribution in [3.05, 3.63) is 0 Å². The molecular weight excluding hydrogens is 354 g/mol. The van der Waals surface area contributed by atoms with E-state index in [4.69, 9.17) is 9.11 Å². The number of hydrogen-bond acceptors (Lipinski definition) is 5. The van der Waals surface area contributed by atoms with E-state index < -0.39 is 20.2 Å². The lowest BCUT2D eigenvalue weighted by atomic mass is 10.2. The van der Waals surface area contributed by atoms with Gasteiger partial charge in [-0.3, -0.25) is 9.11 Å². The first-order valence-corrected chi connectivity index (χ1v) is 12.0. The summed E-state index contributed by atoms with van der Waals surface area (Å²) in [6, 6.07) is 0. The van der Waals surface area contributed by atoms with E-state index in [-0.39, 0.29) is 5.75 Å². The molecule has 0 fully saturated rings. The topological polar surface area (TPSA) is 112 Å². The zero-order valence-electron chi connectivity index (χ0n) is 15.9. The summed E-state index contributed by atoms with van der Waals surface area (Å²) in [5.41, 5.74) is 0. The highest BCUT2D eigenvalue weighted by molar-refractivity contribution is 7.85. The van der Waals surface area contributed by atoms with Crippen LogP contribution in [-0.4, -0.2) is 62.5 Å². The Morgan fingerprint density at radius 3 is 1.04 bits per heavy atom. The van der Waals surface area contributed by atoms with Gasteiger partial charge in [-0.15, -0.1) is 0 Å². The summed E-state index contributed by atoms with van der Waals surface area (Å²) < 4.78 is 52.8. The summed E-state index contributed by atoms with van der Waals surface area (Å²) in [4.78, 5) is 2.64. The minimum absolute atomic E-state index is 0.201. The molecule has 9 heteroatoms. The Hall–Kier alpha value is -0.220. The van der Waals surface area contributed by atoms with E-state index in [0.717, 1.165) is 0 Å². The summed E-state index contributed by atoms with van der Waals surface area (Å²) in [6.07, 6.45) is 8.81. The predicted octanol–water partition coefficient (Wildman–Crippen LogP) is 3.09. The van der Waals surface area contributed by atoms with Crippen LogP contribution >= 0.6 is 0 Å². The van der Waals surface area contributed by atoms with Gasteiger partial charge in [-0.1, -0.05) is 40.0 Å². The standard InChI is InChI=1S/C12H27N.C2H6O3S.CH4O3S/c1-4-7-10-13(11-8-5-2)12-9-6-3;1-2-6(3,4)5;1-5(2,3)4/h4-12H2,1-3H3;2H2,1H3,(H,3,4,5);1H3,(H,2,3,4). The average Bonchev–Trinajstić information content (AvgIpc) is 2.44. The van der Waals surface area contributed by atoms with Crippen LogP contribution in [0.3, 0.4) is 0 Å². The first kappa shape index (κ1) is 28.6. The van der Waals surface area contributed by atoms with E-state index in [2.05, 4.69) is 25.7 Å². The van der Waals surface area contributed by atoms with E-state index in [9.17, 15) is 16.8 Å². The molecule has 2 N–H and O–H groups in total. The zero-order chi connectivity index (χ0) is 19.6. The maximum atomic E-state index is 9.56. The van der Waals surface area contributed by atoms with E-state index in [0.29, 0.717) is 6.26 Å². The van der Waals surface area contributed by atoms with E-state index in [1.165, 1.54) is 65.1 Å². The molecular formula is C15H37NO6S2. The van der Waals surface area contributed by atoms with Crippen LogP contribution in [0.25, 0.3) is 0 Å². The Morgan fingerprint density at radius 1 is 0.708 bits per heavy atom. The van der Waals surface area contributed by atoms with Crippen molar-refractivity contribution in [1.29, 1.82) is 0 Å². The lowest BCUT2D eigenvalue weighted by Gasteiger charge is -2.21. The second-order valence-corrected chi connectivity index (χ2v) is 8.71. The van der Waals surface area contributed by atoms with Crippen molar-refractivity contribution < 1.29 is 25.9 Å². The van der Waals surface area contributed by atoms with Crippen molar-refractivity contribution in [3.63, 3.8) is 0 Å². The summed E-state index contributed by atoms with van der Waals surface area (Å²) in [5.74, 6) is -0.201. The molecule has 0 radical (unpaired) electrons. The Kier molecular flexibility index (Phi) is 21.0. The van der Waals surface area contributed by atoms with Crippen LogP contribution in [0.5, 0.6) is 0 Å². The highest BCUT2D eigenvalue weighted by Gasteiger charge is 2.01. The molecule has 150 valence electrons. The Morgan fingerprint density at radius 2 is 0.917 bits per heavy atom. The molecule has 0 spiro atoms. The quantitative estimate of drug-likeness (QED) is 0.550. The molecule has 0 bridgehead atoms. The minimum atomic E-state index is -3.67. The minimum Gasteiger partial charge on any atom is -0.303 e. The maximum absolute atomic E-state index is 9.56. The number of unbranched alkanes of at least 4 members (excludes halogenated alkanes) is 3. The molecule has 0 aliphatic rings. The second kappa shape index (κ2) is 17.6. The Labute approximate surface area is 149 Å². The predicted molar refractivity (Wildman–Crippen MR) is 101 cm³/mol. The molecule has 0 saturated heterocycles. The molecule has 0 atom stereocenters. The van der Waals surface area contributed by atoms with Crippen molar-refractivity contribution in [2.45, 2.75) is 66.2 Å². The number of rotatable bonds is 10. The van der Waals surface area contributed by atoms with Crippen molar-refractivity contribution in [2.75, 3.05) is 31.6 Å². The summed E-state index contributed by atoms with van der Waals surface area (Å²) in [7, 11) is -7.33. The fourth-order valence-corrected chi connectivity index (χ4v) is 1.48.